The number of aryl methyl sites for hydroxylation is 1. The average Bonchev–Trinajstić information content (AvgIpc) is 3.10. The van der Waals surface area contributed by atoms with Crippen molar-refractivity contribution < 1.29 is 4.79 Å². The van der Waals surface area contributed by atoms with Crippen LogP contribution < -0.4 is 0 Å². The molecule has 3 aromatic rings. The van der Waals surface area contributed by atoms with Gasteiger partial charge in [0, 0.05) is 30.6 Å². The number of hydrogen-bond donors (Lipinski definition) is 1. The lowest BCUT2D eigenvalue weighted by Gasteiger charge is -2.32. The van der Waals surface area contributed by atoms with E-state index in [1.54, 1.807) is 4.90 Å². The number of carbonyl (C=O) groups excluding carboxylic acids is 1. The van der Waals surface area contributed by atoms with Gasteiger partial charge >= 0.3 is 0 Å². The van der Waals surface area contributed by atoms with Crippen molar-refractivity contribution in [2.45, 2.75) is 32.1 Å². The van der Waals surface area contributed by atoms with Gasteiger partial charge in [-0.2, -0.15) is 5.26 Å². The fourth-order valence-corrected chi connectivity index (χ4v) is 3.55. The maximum Gasteiger partial charge on any atom is 0.236 e. The average molecular weight is 335 g/mol. The molecular formula is C17H17N7O. The van der Waals surface area contributed by atoms with E-state index < -0.39 is 0 Å². The van der Waals surface area contributed by atoms with E-state index in [0.717, 1.165) is 29.3 Å². The van der Waals surface area contributed by atoms with E-state index in [2.05, 4.69) is 20.2 Å². The third-order valence-electron chi connectivity index (χ3n) is 4.66. The first-order valence-electron chi connectivity index (χ1n) is 8.30. The Kier molecular flexibility index (Phi) is 3.76. The van der Waals surface area contributed by atoms with Crippen LogP contribution in [0, 0.1) is 18.3 Å². The number of amides is 1. The molecule has 4 rings (SSSR count). The van der Waals surface area contributed by atoms with Gasteiger partial charge in [0.25, 0.3) is 0 Å². The molecule has 8 nitrogen and oxygen atoms in total. The standard InChI is InChI=1S/C17H17N7O/c1-10-20-15(11-3-2-8-24(9-11)13(25)4-6-18)14-12-5-7-19-16(12)22-23-17(14)21-10/h5,7,11H,2-4,8-9H2,1H3,(H,19,22). The Hall–Kier alpha value is -3.08. The number of piperidine rings is 1. The van der Waals surface area contributed by atoms with Crippen molar-refractivity contribution in [1.29, 1.82) is 5.26 Å². The zero-order valence-corrected chi connectivity index (χ0v) is 13.9. The lowest BCUT2D eigenvalue weighted by Crippen LogP contribution is -2.39. The van der Waals surface area contributed by atoms with Crippen LogP contribution in [0.5, 0.6) is 0 Å². The van der Waals surface area contributed by atoms with Crippen LogP contribution in [-0.4, -0.2) is 49.0 Å². The number of nitrogens with one attached hydrogen (secondary N) is 1. The fraction of sp³-hybridized carbons (Fsp3) is 0.412. The zero-order chi connectivity index (χ0) is 17.4. The number of fused-ring (bicyclic) bond motifs is 3. The molecule has 0 saturated carbocycles. The summed E-state index contributed by atoms with van der Waals surface area (Å²) in [5, 5.41) is 19.0. The van der Waals surface area contributed by atoms with E-state index in [9.17, 15) is 4.79 Å². The largest absolute Gasteiger partial charge is 0.345 e. The van der Waals surface area contributed by atoms with Crippen LogP contribution in [0.25, 0.3) is 22.1 Å². The van der Waals surface area contributed by atoms with Gasteiger partial charge in [-0.3, -0.25) is 4.79 Å². The first-order valence-corrected chi connectivity index (χ1v) is 8.30. The van der Waals surface area contributed by atoms with E-state index in [4.69, 9.17) is 10.2 Å². The van der Waals surface area contributed by atoms with Gasteiger partial charge in [0.15, 0.2) is 11.3 Å². The second-order valence-corrected chi connectivity index (χ2v) is 6.31. The fourth-order valence-electron chi connectivity index (χ4n) is 3.55. The second kappa shape index (κ2) is 6.09. The number of hydrogen-bond acceptors (Lipinski definition) is 6. The van der Waals surface area contributed by atoms with Crippen LogP contribution in [0.2, 0.25) is 0 Å². The lowest BCUT2D eigenvalue weighted by molar-refractivity contribution is -0.131. The van der Waals surface area contributed by atoms with Crippen molar-refractivity contribution in [3.63, 3.8) is 0 Å². The first-order chi connectivity index (χ1) is 12.2. The van der Waals surface area contributed by atoms with Gasteiger partial charge in [-0.25, -0.2) is 9.97 Å². The summed E-state index contributed by atoms with van der Waals surface area (Å²) in [7, 11) is 0. The lowest BCUT2D eigenvalue weighted by atomic mass is 9.92. The minimum absolute atomic E-state index is 0.0796. The molecule has 25 heavy (non-hydrogen) atoms. The van der Waals surface area contributed by atoms with Crippen molar-refractivity contribution in [1.82, 2.24) is 30.0 Å². The number of likely N-dealkylation sites (tertiary alicyclic amines) is 1. The number of rotatable bonds is 2. The molecule has 126 valence electrons. The van der Waals surface area contributed by atoms with E-state index in [0.29, 0.717) is 30.2 Å². The summed E-state index contributed by atoms with van der Waals surface area (Å²) in [5.41, 5.74) is 2.20. The molecule has 3 aromatic heterocycles. The Balaban J connectivity index is 1.81. The molecule has 1 N–H and O–H groups in total. The molecule has 1 saturated heterocycles. The van der Waals surface area contributed by atoms with Gasteiger partial charge in [-0.05, 0) is 25.8 Å². The predicted molar refractivity (Wildman–Crippen MR) is 90.5 cm³/mol. The van der Waals surface area contributed by atoms with E-state index in [1.165, 1.54) is 0 Å². The van der Waals surface area contributed by atoms with Crippen LogP contribution >= 0.6 is 0 Å². The summed E-state index contributed by atoms with van der Waals surface area (Å²) in [6.07, 6.45) is 3.58. The molecule has 0 aromatic carbocycles. The van der Waals surface area contributed by atoms with E-state index in [1.807, 2.05) is 25.3 Å². The molecule has 1 unspecified atom stereocenters. The van der Waals surface area contributed by atoms with Crippen LogP contribution in [0.15, 0.2) is 12.3 Å². The number of H-pyrrole nitrogens is 1. The Morgan fingerprint density at radius 2 is 2.32 bits per heavy atom. The maximum atomic E-state index is 12.1. The van der Waals surface area contributed by atoms with Crippen LogP contribution in [0.3, 0.4) is 0 Å². The highest BCUT2D eigenvalue weighted by Gasteiger charge is 2.28. The number of aromatic amines is 1. The molecular weight excluding hydrogens is 318 g/mol. The minimum Gasteiger partial charge on any atom is -0.345 e. The molecule has 1 aliphatic rings. The molecule has 1 aliphatic heterocycles. The van der Waals surface area contributed by atoms with Gasteiger partial charge in [-0.1, -0.05) is 0 Å². The summed E-state index contributed by atoms with van der Waals surface area (Å²) >= 11 is 0. The van der Waals surface area contributed by atoms with Gasteiger partial charge in [-0.15, -0.1) is 10.2 Å². The topological polar surface area (TPSA) is 111 Å². The van der Waals surface area contributed by atoms with Gasteiger partial charge in [0.05, 0.1) is 17.1 Å². The summed E-state index contributed by atoms with van der Waals surface area (Å²) in [5.74, 6) is 0.629. The van der Waals surface area contributed by atoms with Crippen LogP contribution in [0.1, 0.15) is 36.7 Å². The normalized spacial score (nSPS) is 17.8. The summed E-state index contributed by atoms with van der Waals surface area (Å²) in [6.45, 7) is 3.10. The van der Waals surface area contributed by atoms with Crippen LogP contribution in [0.4, 0.5) is 0 Å². The highest BCUT2D eigenvalue weighted by atomic mass is 16.2. The molecule has 1 amide bonds. The minimum atomic E-state index is -0.117. The Labute approximate surface area is 143 Å². The molecule has 0 spiro atoms. The SMILES string of the molecule is Cc1nc(C2CCCN(C(=O)CC#N)C2)c2c(nnc3[nH]ccc32)n1. The van der Waals surface area contributed by atoms with Crippen molar-refractivity contribution in [3.05, 3.63) is 23.8 Å². The van der Waals surface area contributed by atoms with Crippen molar-refractivity contribution in [3.8, 4) is 6.07 Å². The smallest absolute Gasteiger partial charge is 0.236 e. The molecule has 8 heteroatoms. The van der Waals surface area contributed by atoms with Crippen molar-refractivity contribution in [2.75, 3.05) is 13.1 Å². The monoisotopic (exact) mass is 335 g/mol. The van der Waals surface area contributed by atoms with Crippen LogP contribution in [-0.2, 0) is 4.79 Å². The Bertz CT molecular complexity index is 1000. The molecule has 1 atom stereocenters. The van der Waals surface area contributed by atoms with Gasteiger partial charge in [0.2, 0.25) is 5.91 Å². The zero-order valence-electron chi connectivity index (χ0n) is 13.9. The second-order valence-electron chi connectivity index (χ2n) is 6.31. The third kappa shape index (κ3) is 2.67. The highest BCUT2D eigenvalue weighted by Crippen LogP contribution is 2.33. The van der Waals surface area contributed by atoms with Gasteiger partial charge in [0.1, 0.15) is 12.2 Å². The first kappa shape index (κ1) is 15.4. The third-order valence-corrected chi connectivity index (χ3v) is 4.66. The molecule has 1 fully saturated rings. The van der Waals surface area contributed by atoms with Crippen molar-refractivity contribution in [2.24, 2.45) is 0 Å². The summed E-state index contributed by atoms with van der Waals surface area (Å²) in [4.78, 5) is 26.1. The number of nitriles is 1. The summed E-state index contributed by atoms with van der Waals surface area (Å²) < 4.78 is 0. The molecule has 0 bridgehead atoms. The van der Waals surface area contributed by atoms with Gasteiger partial charge < -0.3 is 9.88 Å². The van der Waals surface area contributed by atoms with Crippen molar-refractivity contribution >= 4 is 28.0 Å². The maximum absolute atomic E-state index is 12.1. The molecule has 0 radical (unpaired) electrons. The Morgan fingerprint density at radius 1 is 1.44 bits per heavy atom. The number of nitrogens with zero attached hydrogens (tertiary/aromatic N) is 6. The highest BCUT2D eigenvalue weighted by molar-refractivity contribution is 6.02. The molecule has 0 aliphatic carbocycles. The van der Waals surface area contributed by atoms with E-state index in [-0.39, 0.29) is 18.2 Å². The molecule has 4 heterocycles. The Morgan fingerprint density at radius 3 is 3.16 bits per heavy atom. The number of carbonyl (C=O) groups is 1. The number of aromatic nitrogens is 5. The predicted octanol–water partition coefficient (Wildman–Crippen LogP) is 1.83. The summed E-state index contributed by atoms with van der Waals surface area (Å²) in [6, 6.07) is 3.89. The quantitative estimate of drug-likeness (QED) is 0.764. The van der Waals surface area contributed by atoms with E-state index >= 15 is 0 Å².